The summed E-state index contributed by atoms with van der Waals surface area (Å²) in [6.07, 6.45) is 8.48. The van der Waals surface area contributed by atoms with Crippen LogP contribution in [0.1, 0.15) is 65.1 Å². The molecule has 4 nitrogen and oxygen atoms in total. The van der Waals surface area contributed by atoms with E-state index in [1.807, 2.05) is 0 Å². The van der Waals surface area contributed by atoms with Crippen molar-refractivity contribution in [3.63, 3.8) is 0 Å². The molecule has 21 heavy (non-hydrogen) atoms. The quantitative estimate of drug-likeness (QED) is 0.785. The van der Waals surface area contributed by atoms with Gasteiger partial charge in [-0.05, 0) is 32.6 Å². The first-order valence-electron chi connectivity index (χ1n) is 8.66. The first kappa shape index (κ1) is 16.1. The number of nitrogens with zero attached hydrogens (tertiary/aromatic N) is 3. The van der Waals surface area contributed by atoms with Crippen LogP contribution in [0.2, 0.25) is 0 Å². The molecule has 1 aliphatic rings. The molecule has 1 aliphatic carbocycles. The fourth-order valence-electron chi connectivity index (χ4n) is 3.13. The van der Waals surface area contributed by atoms with E-state index in [-0.39, 0.29) is 0 Å². The molecule has 1 aromatic rings. The number of hydrogen-bond acceptors (Lipinski definition) is 4. The van der Waals surface area contributed by atoms with Gasteiger partial charge in [-0.15, -0.1) is 0 Å². The van der Waals surface area contributed by atoms with Crippen LogP contribution in [0, 0.1) is 0 Å². The maximum Gasteiger partial charge on any atom is 0.134 e. The second kappa shape index (κ2) is 8.20. The largest absolute Gasteiger partial charge is 0.370 e. The third-order valence-corrected chi connectivity index (χ3v) is 4.19. The maximum absolute atomic E-state index is 4.82. The minimum atomic E-state index is 0.665. The molecule has 1 fully saturated rings. The molecule has 1 saturated carbocycles. The van der Waals surface area contributed by atoms with Gasteiger partial charge in [0.25, 0.3) is 0 Å². The third-order valence-electron chi connectivity index (χ3n) is 4.19. The summed E-state index contributed by atoms with van der Waals surface area (Å²) in [6.45, 7) is 8.60. The van der Waals surface area contributed by atoms with Crippen molar-refractivity contribution >= 4 is 11.6 Å². The van der Waals surface area contributed by atoms with E-state index in [9.17, 15) is 0 Å². The van der Waals surface area contributed by atoms with Crippen LogP contribution >= 0.6 is 0 Å². The number of aryl methyl sites for hydroxylation is 1. The van der Waals surface area contributed by atoms with Gasteiger partial charge in [0.1, 0.15) is 17.5 Å². The summed E-state index contributed by atoms with van der Waals surface area (Å²) >= 11 is 0. The van der Waals surface area contributed by atoms with E-state index in [1.165, 1.54) is 25.7 Å². The lowest BCUT2D eigenvalue weighted by atomic mass is 10.2. The summed E-state index contributed by atoms with van der Waals surface area (Å²) in [4.78, 5) is 12.0. The van der Waals surface area contributed by atoms with E-state index in [0.717, 1.165) is 49.8 Å². The van der Waals surface area contributed by atoms with Crippen LogP contribution in [0.4, 0.5) is 11.6 Å². The molecule has 1 N–H and O–H groups in total. The maximum atomic E-state index is 4.82. The van der Waals surface area contributed by atoms with Crippen molar-refractivity contribution in [1.82, 2.24) is 9.97 Å². The van der Waals surface area contributed by atoms with Gasteiger partial charge in [-0.25, -0.2) is 9.97 Å². The fraction of sp³-hybridized carbons (Fsp3) is 0.765. The molecule has 1 heterocycles. The molecule has 118 valence electrons. The Morgan fingerprint density at radius 1 is 1.14 bits per heavy atom. The SMILES string of the molecule is CCCNc1cc(N(CC)C2CCCC2)nc(CCC)n1. The van der Waals surface area contributed by atoms with Gasteiger partial charge in [0.2, 0.25) is 0 Å². The van der Waals surface area contributed by atoms with Crippen LogP contribution in [0.15, 0.2) is 6.07 Å². The number of aromatic nitrogens is 2. The highest BCUT2D eigenvalue weighted by molar-refractivity contribution is 5.50. The highest BCUT2D eigenvalue weighted by Crippen LogP contribution is 2.28. The lowest BCUT2D eigenvalue weighted by molar-refractivity contribution is 0.610. The molecule has 0 atom stereocenters. The van der Waals surface area contributed by atoms with Gasteiger partial charge >= 0.3 is 0 Å². The third kappa shape index (κ3) is 4.32. The van der Waals surface area contributed by atoms with Crippen molar-refractivity contribution in [2.75, 3.05) is 23.3 Å². The van der Waals surface area contributed by atoms with Crippen molar-refractivity contribution in [2.45, 2.75) is 71.8 Å². The molecule has 2 rings (SSSR count). The van der Waals surface area contributed by atoms with Gasteiger partial charge in [-0.1, -0.05) is 26.7 Å². The van der Waals surface area contributed by atoms with Gasteiger partial charge in [-0.3, -0.25) is 0 Å². The first-order valence-corrected chi connectivity index (χ1v) is 8.66. The van der Waals surface area contributed by atoms with E-state index in [1.54, 1.807) is 0 Å². The van der Waals surface area contributed by atoms with Gasteiger partial charge < -0.3 is 10.2 Å². The molecule has 0 spiro atoms. The van der Waals surface area contributed by atoms with Gasteiger partial charge in [0, 0.05) is 31.6 Å². The van der Waals surface area contributed by atoms with Crippen molar-refractivity contribution in [1.29, 1.82) is 0 Å². The van der Waals surface area contributed by atoms with Gasteiger partial charge in [0.05, 0.1) is 0 Å². The summed E-state index contributed by atoms with van der Waals surface area (Å²) in [7, 11) is 0. The summed E-state index contributed by atoms with van der Waals surface area (Å²) in [5.41, 5.74) is 0. The Hall–Kier alpha value is -1.32. The predicted octanol–water partition coefficient (Wildman–Crippen LogP) is 4.02. The molecule has 0 saturated heterocycles. The van der Waals surface area contributed by atoms with Crippen LogP contribution in [0.5, 0.6) is 0 Å². The molecule has 1 aromatic heterocycles. The Labute approximate surface area is 129 Å². The zero-order valence-electron chi connectivity index (χ0n) is 13.9. The van der Waals surface area contributed by atoms with Crippen LogP contribution in [-0.4, -0.2) is 29.1 Å². The fourth-order valence-corrected chi connectivity index (χ4v) is 3.13. The van der Waals surface area contributed by atoms with E-state index in [0.29, 0.717) is 6.04 Å². The summed E-state index contributed by atoms with van der Waals surface area (Å²) in [5.74, 6) is 3.08. The van der Waals surface area contributed by atoms with Crippen molar-refractivity contribution in [3.8, 4) is 0 Å². The molecule has 0 bridgehead atoms. The molecule has 0 aliphatic heterocycles. The van der Waals surface area contributed by atoms with Crippen molar-refractivity contribution in [3.05, 3.63) is 11.9 Å². The standard InChI is InChI=1S/C17H30N4/c1-4-9-15-19-16(18-12-5-2)13-17(20-15)21(6-3)14-10-7-8-11-14/h13-14H,4-12H2,1-3H3,(H,18,19,20). The molecular formula is C17H30N4. The molecule has 4 heteroatoms. The Morgan fingerprint density at radius 3 is 2.52 bits per heavy atom. The summed E-state index contributed by atoms with van der Waals surface area (Å²) in [6, 6.07) is 2.80. The van der Waals surface area contributed by atoms with E-state index in [2.05, 4.69) is 42.0 Å². The number of hydrogen-bond donors (Lipinski definition) is 1. The zero-order valence-corrected chi connectivity index (χ0v) is 13.9. The number of nitrogens with one attached hydrogen (secondary N) is 1. The van der Waals surface area contributed by atoms with Crippen LogP contribution in [0.3, 0.4) is 0 Å². The highest BCUT2D eigenvalue weighted by Gasteiger charge is 2.23. The molecule has 0 amide bonds. The van der Waals surface area contributed by atoms with Crippen molar-refractivity contribution in [2.24, 2.45) is 0 Å². The predicted molar refractivity (Wildman–Crippen MR) is 90.1 cm³/mol. The average Bonchev–Trinajstić information content (AvgIpc) is 3.00. The topological polar surface area (TPSA) is 41.0 Å². The Balaban J connectivity index is 2.23. The number of rotatable bonds is 8. The Kier molecular flexibility index (Phi) is 6.27. The van der Waals surface area contributed by atoms with Crippen LogP contribution < -0.4 is 10.2 Å². The monoisotopic (exact) mass is 290 g/mol. The lowest BCUT2D eigenvalue weighted by Crippen LogP contribution is -2.34. The van der Waals surface area contributed by atoms with Crippen LogP contribution in [0.25, 0.3) is 0 Å². The Morgan fingerprint density at radius 2 is 1.90 bits per heavy atom. The Bertz CT molecular complexity index is 427. The van der Waals surface area contributed by atoms with E-state index < -0.39 is 0 Å². The molecule has 0 aromatic carbocycles. The van der Waals surface area contributed by atoms with E-state index >= 15 is 0 Å². The average molecular weight is 290 g/mol. The number of anilines is 2. The molecule has 0 unspecified atom stereocenters. The second-order valence-electron chi connectivity index (χ2n) is 5.93. The minimum Gasteiger partial charge on any atom is -0.370 e. The van der Waals surface area contributed by atoms with E-state index in [4.69, 9.17) is 4.98 Å². The minimum absolute atomic E-state index is 0.665. The highest BCUT2D eigenvalue weighted by atomic mass is 15.2. The zero-order chi connectivity index (χ0) is 15.1. The smallest absolute Gasteiger partial charge is 0.134 e. The first-order chi connectivity index (χ1) is 10.3. The van der Waals surface area contributed by atoms with Gasteiger partial charge in [0.15, 0.2) is 0 Å². The summed E-state index contributed by atoms with van der Waals surface area (Å²) < 4.78 is 0. The van der Waals surface area contributed by atoms with Crippen molar-refractivity contribution < 1.29 is 0 Å². The lowest BCUT2D eigenvalue weighted by Gasteiger charge is -2.29. The normalized spacial score (nSPS) is 15.4. The molecule has 0 radical (unpaired) electrons. The van der Waals surface area contributed by atoms with Crippen LogP contribution in [-0.2, 0) is 6.42 Å². The second-order valence-corrected chi connectivity index (χ2v) is 5.93. The van der Waals surface area contributed by atoms with Gasteiger partial charge in [-0.2, -0.15) is 0 Å². The summed E-state index contributed by atoms with van der Waals surface area (Å²) in [5, 5.41) is 3.43. The molecular weight excluding hydrogens is 260 g/mol.